The maximum atomic E-state index is 6.11. The van der Waals surface area contributed by atoms with Gasteiger partial charge in [-0.2, -0.15) is 0 Å². The number of hydrogen-bond acceptors (Lipinski definition) is 1. The van der Waals surface area contributed by atoms with E-state index in [9.17, 15) is 0 Å². The summed E-state index contributed by atoms with van der Waals surface area (Å²) in [7, 11) is 0. The smallest absolute Gasteiger partial charge is 0.127 e. The van der Waals surface area contributed by atoms with Crippen LogP contribution in [-0.4, -0.2) is 11.9 Å². The van der Waals surface area contributed by atoms with E-state index in [0.29, 0.717) is 0 Å². The summed E-state index contributed by atoms with van der Waals surface area (Å²) in [6.07, 6.45) is 3.44. The van der Waals surface area contributed by atoms with Crippen molar-refractivity contribution in [1.82, 2.24) is 0 Å². The van der Waals surface area contributed by atoms with Crippen LogP contribution in [0.5, 0.6) is 5.75 Å². The SMILES string of the molecule is Clc1ccc(OCCCCCBr)c(-c2ccccc2)c1. The van der Waals surface area contributed by atoms with Crippen LogP contribution in [0.2, 0.25) is 5.02 Å². The van der Waals surface area contributed by atoms with E-state index in [1.54, 1.807) is 0 Å². The third-order valence-electron chi connectivity index (χ3n) is 3.06. The number of halogens is 2. The fourth-order valence-corrected chi connectivity index (χ4v) is 2.60. The minimum absolute atomic E-state index is 0.732. The van der Waals surface area contributed by atoms with Gasteiger partial charge in [0.25, 0.3) is 0 Å². The van der Waals surface area contributed by atoms with Gasteiger partial charge in [0.2, 0.25) is 0 Å². The lowest BCUT2D eigenvalue weighted by atomic mass is 10.0. The molecule has 1 nitrogen and oxygen atoms in total. The summed E-state index contributed by atoms with van der Waals surface area (Å²) < 4.78 is 5.92. The molecule has 0 aliphatic heterocycles. The Kier molecular flexibility index (Phi) is 6.41. The molecule has 0 radical (unpaired) electrons. The van der Waals surface area contributed by atoms with E-state index in [0.717, 1.165) is 40.3 Å². The summed E-state index contributed by atoms with van der Waals surface area (Å²) in [6, 6.07) is 16.0. The zero-order valence-electron chi connectivity index (χ0n) is 11.3. The molecule has 0 amide bonds. The van der Waals surface area contributed by atoms with Crippen LogP contribution in [0, 0.1) is 0 Å². The van der Waals surface area contributed by atoms with Gasteiger partial charge in [-0.3, -0.25) is 0 Å². The van der Waals surface area contributed by atoms with E-state index in [4.69, 9.17) is 16.3 Å². The Morgan fingerprint density at radius 3 is 2.50 bits per heavy atom. The highest BCUT2D eigenvalue weighted by Crippen LogP contribution is 2.32. The first kappa shape index (κ1) is 15.4. The van der Waals surface area contributed by atoms with Crippen LogP contribution in [0.3, 0.4) is 0 Å². The molecule has 0 saturated carbocycles. The molecular formula is C17H18BrClO. The maximum absolute atomic E-state index is 6.11. The van der Waals surface area contributed by atoms with Gasteiger partial charge in [-0.15, -0.1) is 0 Å². The van der Waals surface area contributed by atoms with Crippen LogP contribution in [0.25, 0.3) is 11.1 Å². The van der Waals surface area contributed by atoms with Crippen LogP contribution < -0.4 is 4.74 Å². The summed E-state index contributed by atoms with van der Waals surface area (Å²) in [4.78, 5) is 0. The van der Waals surface area contributed by atoms with Gasteiger partial charge in [-0.1, -0.05) is 57.9 Å². The molecule has 0 fully saturated rings. The van der Waals surface area contributed by atoms with Gasteiger partial charge in [0.15, 0.2) is 0 Å². The highest BCUT2D eigenvalue weighted by molar-refractivity contribution is 9.09. The normalized spacial score (nSPS) is 10.5. The average molecular weight is 354 g/mol. The van der Waals surface area contributed by atoms with Crippen LogP contribution in [-0.2, 0) is 0 Å². The second-order valence-electron chi connectivity index (χ2n) is 4.60. The molecule has 0 N–H and O–H groups in total. The Morgan fingerprint density at radius 2 is 1.75 bits per heavy atom. The van der Waals surface area contributed by atoms with Crippen LogP contribution in [0.1, 0.15) is 19.3 Å². The molecule has 2 aromatic rings. The van der Waals surface area contributed by atoms with Crippen molar-refractivity contribution < 1.29 is 4.74 Å². The van der Waals surface area contributed by atoms with Crippen molar-refractivity contribution in [2.75, 3.05) is 11.9 Å². The summed E-state index contributed by atoms with van der Waals surface area (Å²) in [5.41, 5.74) is 2.18. The predicted octanol–water partition coefficient (Wildman–Crippen LogP) is 5.95. The monoisotopic (exact) mass is 352 g/mol. The second kappa shape index (κ2) is 8.33. The van der Waals surface area contributed by atoms with Crippen LogP contribution in [0.15, 0.2) is 48.5 Å². The lowest BCUT2D eigenvalue weighted by Crippen LogP contribution is -1.99. The van der Waals surface area contributed by atoms with Crippen molar-refractivity contribution in [3.05, 3.63) is 53.6 Å². The van der Waals surface area contributed by atoms with Crippen molar-refractivity contribution >= 4 is 27.5 Å². The molecule has 0 aliphatic rings. The Bertz CT molecular complexity index is 528. The van der Waals surface area contributed by atoms with Crippen molar-refractivity contribution in [2.45, 2.75) is 19.3 Å². The predicted molar refractivity (Wildman–Crippen MR) is 90.0 cm³/mol. The zero-order chi connectivity index (χ0) is 14.2. The maximum Gasteiger partial charge on any atom is 0.127 e. The topological polar surface area (TPSA) is 9.23 Å². The fourth-order valence-electron chi connectivity index (χ4n) is 2.03. The van der Waals surface area contributed by atoms with E-state index in [-0.39, 0.29) is 0 Å². The molecule has 106 valence electrons. The summed E-state index contributed by atoms with van der Waals surface area (Å²) in [5, 5.41) is 1.79. The van der Waals surface area contributed by atoms with E-state index < -0.39 is 0 Å². The molecule has 0 atom stereocenters. The highest BCUT2D eigenvalue weighted by Gasteiger charge is 2.07. The molecule has 2 aromatic carbocycles. The molecule has 0 unspecified atom stereocenters. The Morgan fingerprint density at radius 1 is 0.950 bits per heavy atom. The van der Waals surface area contributed by atoms with Gasteiger partial charge in [0.1, 0.15) is 5.75 Å². The Hall–Kier alpha value is -0.990. The van der Waals surface area contributed by atoms with Gasteiger partial charge in [-0.25, -0.2) is 0 Å². The first-order valence-electron chi connectivity index (χ1n) is 6.85. The zero-order valence-corrected chi connectivity index (χ0v) is 13.7. The van der Waals surface area contributed by atoms with Crippen LogP contribution >= 0.6 is 27.5 Å². The van der Waals surface area contributed by atoms with E-state index in [1.165, 1.54) is 12.8 Å². The minimum Gasteiger partial charge on any atom is -0.493 e. The standard InChI is InChI=1S/C17H18BrClO/c18-11-5-2-6-12-20-17-10-9-15(19)13-16(17)14-7-3-1-4-8-14/h1,3-4,7-10,13H,2,5-6,11-12H2. The summed E-state index contributed by atoms with van der Waals surface area (Å²) in [6.45, 7) is 0.745. The molecule has 0 saturated heterocycles. The average Bonchev–Trinajstić information content (AvgIpc) is 2.49. The molecule has 0 heterocycles. The molecule has 0 aliphatic carbocycles. The molecule has 20 heavy (non-hydrogen) atoms. The van der Waals surface area contributed by atoms with Gasteiger partial charge in [0, 0.05) is 15.9 Å². The minimum atomic E-state index is 0.732. The van der Waals surface area contributed by atoms with Gasteiger partial charge in [0.05, 0.1) is 6.61 Å². The molecular weight excluding hydrogens is 336 g/mol. The van der Waals surface area contributed by atoms with E-state index in [2.05, 4.69) is 28.1 Å². The van der Waals surface area contributed by atoms with Crippen molar-refractivity contribution in [3.63, 3.8) is 0 Å². The lowest BCUT2D eigenvalue weighted by molar-refractivity contribution is 0.308. The van der Waals surface area contributed by atoms with Crippen molar-refractivity contribution in [3.8, 4) is 16.9 Å². The Labute approximate surface area is 134 Å². The largest absolute Gasteiger partial charge is 0.493 e. The number of unbranched alkanes of at least 4 members (excludes halogenated alkanes) is 2. The van der Waals surface area contributed by atoms with Crippen LogP contribution in [0.4, 0.5) is 0 Å². The second-order valence-corrected chi connectivity index (χ2v) is 5.83. The molecule has 2 rings (SSSR count). The first-order chi connectivity index (χ1) is 9.81. The third kappa shape index (κ3) is 4.53. The van der Waals surface area contributed by atoms with Crippen molar-refractivity contribution in [1.29, 1.82) is 0 Å². The fraction of sp³-hybridized carbons (Fsp3) is 0.294. The number of ether oxygens (including phenoxy) is 1. The first-order valence-corrected chi connectivity index (χ1v) is 8.35. The van der Waals surface area contributed by atoms with Crippen molar-refractivity contribution in [2.24, 2.45) is 0 Å². The third-order valence-corrected chi connectivity index (χ3v) is 3.86. The lowest BCUT2D eigenvalue weighted by Gasteiger charge is -2.12. The number of rotatable bonds is 7. The molecule has 0 bridgehead atoms. The molecule has 3 heteroatoms. The molecule has 0 aromatic heterocycles. The highest BCUT2D eigenvalue weighted by atomic mass is 79.9. The van der Waals surface area contributed by atoms with E-state index >= 15 is 0 Å². The summed E-state index contributed by atoms with van der Waals surface area (Å²) in [5.74, 6) is 0.902. The van der Waals surface area contributed by atoms with Gasteiger partial charge >= 0.3 is 0 Å². The number of benzene rings is 2. The Balaban J connectivity index is 2.09. The molecule has 0 spiro atoms. The number of alkyl halides is 1. The van der Waals surface area contributed by atoms with Gasteiger partial charge in [-0.05, 0) is 43.0 Å². The summed E-state index contributed by atoms with van der Waals surface area (Å²) >= 11 is 9.55. The number of hydrogen-bond donors (Lipinski definition) is 0. The quantitative estimate of drug-likeness (QED) is 0.441. The van der Waals surface area contributed by atoms with E-state index in [1.807, 2.05) is 36.4 Å². The van der Waals surface area contributed by atoms with Gasteiger partial charge < -0.3 is 4.74 Å².